The van der Waals surface area contributed by atoms with Crippen LogP contribution in [0.3, 0.4) is 0 Å². The van der Waals surface area contributed by atoms with Crippen molar-refractivity contribution in [2.24, 2.45) is 0 Å². The van der Waals surface area contributed by atoms with Crippen molar-refractivity contribution in [3.8, 4) is 6.07 Å². The Kier molecular flexibility index (Phi) is 7.82. The lowest BCUT2D eigenvalue weighted by atomic mass is 10.0. The first kappa shape index (κ1) is 14.7. The highest BCUT2D eigenvalue weighted by molar-refractivity contribution is 5.19. The largest absolute Gasteiger partial charge is 0.394 e. The van der Waals surface area contributed by atoms with Crippen molar-refractivity contribution in [3.63, 3.8) is 0 Å². The average Bonchev–Trinajstić information content (AvgIpc) is 2.42. The van der Waals surface area contributed by atoms with Crippen molar-refractivity contribution >= 4 is 0 Å². The van der Waals surface area contributed by atoms with Crippen LogP contribution in [0, 0.1) is 11.3 Å². The molecular weight excluding hydrogens is 228 g/mol. The molecule has 1 rings (SSSR count). The maximum absolute atomic E-state index is 8.83. The van der Waals surface area contributed by atoms with Gasteiger partial charge in [0.25, 0.3) is 0 Å². The van der Waals surface area contributed by atoms with E-state index in [4.69, 9.17) is 15.1 Å². The van der Waals surface area contributed by atoms with Crippen molar-refractivity contribution in [1.82, 2.24) is 5.32 Å². The molecule has 0 radical (unpaired) electrons. The Morgan fingerprint density at radius 3 is 2.72 bits per heavy atom. The van der Waals surface area contributed by atoms with Crippen LogP contribution in [0.5, 0.6) is 0 Å². The monoisotopic (exact) mass is 248 g/mol. The van der Waals surface area contributed by atoms with Crippen LogP contribution in [0.1, 0.15) is 24.4 Å². The lowest BCUT2D eigenvalue weighted by Gasteiger charge is -2.16. The molecular formula is C14H20N2O2. The number of aliphatic hydroxyl groups is 1. The molecule has 98 valence electrons. The van der Waals surface area contributed by atoms with Gasteiger partial charge in [0.1, 0.15) is 0 Å². The van der Waals surface area contributed by atoms with Crippen LogP contribution >= 0.6 is 0 Å². The molecule has 0 bridgehead atoms. The molecule has 0 aliphatic rings. The summed E-state index contributed by atoms with van der Waals surface area (Å²) in [7, 11) is 0. The van der Waals surface area contributed by atoms with Gasteiger partial charge in [-0.3, -0.25) is 0 Å². The third kappa shape index (κ3) is 5.78. The summed E-state index contributed by atoms with van der Waals surface area (Å²) in [5, 5.41) is 20.7. The van der Waals surface area contributed by atoms with Gasteiger partial charge < -0.3 is 15.2 Å². The summed E-state index contributed by atoms with van der Waals surface area (Å²) in [5.41, 5.74) is 1.13. The molecule has 1 atom stereocenters. The number of nitrogens with zero attached hydrogens (tertiary/aromatic N) is 1. The van der Waals surface area contributed by atoms with E-state index in [2.05, 4.69) is 11.4 Å². The van der Waals surface area contributed by atoms with Crippen molar-refractivity contribution in [2.75, 3.05) is 26.4 Å². The molecule has 18 heavy (non-hydrogen) atoms. The third-order valence-electron chi connectivity index (χ3n) is 2.59. The molecule has 0 aromatic heterocycles. The molecule has 0 aliphatic carbocycles. The Labute approximate surface area is 108 Å². The molecule has 1 aromatic rings. The molecule has 4 heteroatoms. The Bertz CT molecular complexity index is 349. The lowest BCUT2D eigenvalue weighted by Crippen LogP contribution is -2.23. The van der Waals surface area contributed by atoms with Crippen LogP contribution in [-0.4, -0.2) is 31.5 Å². The first-order chi connectivity index (χ1) is 8.88. The number of nitriles is 1. The van der Waals surface area contributed by atoms with E-state index in [0.29, 0.717) is 19.6 Å². The van der Waals surface area contributed by atoms with Gasteiger partial charge in [0.05, 0.1) is 25.7 Å². The molecule has 0 saturated heterocycles. The van der Waals surface area contributed by atoms with E-state index in [0.717, 1.165) is 18.5 Å². The summed E-state index contributed by atoms with van der Waals surface area (Å²) < 4.78 is 5.18. The molecule has 0 saturated carbocycles. The topological polar surface area (TPSA) is 65.3 Å². The average molecular weight is 248 g/mol. The van der Waals surface area contributed by atoms with Gasteiger partial charge in [-0.2, -0.15) is 5.26 Å². The maximum atomic E-state index is 8.83. The second-order valence-corrected chi connectivity index (χ2v) is 3.97. The van der Waals surface area contributed by atoms with Crippen molar-refractivity contribution < 1.29 is 9.84 Å². The summed E-state index contributed by atoms with van der Waals surface area (Å²) >= 11 is 0. The van der Waals surface area contributed by atoms with Crippen LogP contribution in [0.15, 0.2) is 30.3 Å². The van der Waals surface area contributed by atoms with Gasteiger partial charge in [0.15, 0.2) is 0 Å². The van der Waals surface area contributed by atoms with E-state index in [1.165, 1.54) is 0 Å². The molecule has 2 N–H and O–H groups in total. The van der Waals surface area contributed by atoms with E-state index >= 15 is 0 Å². The smallest absolute Gasteiger partial charge is 0.0697 e. The fourth-order valence-corrected chi connectivity index (χ4v) is 1.70. The van der Waals surface area contributed by atoms with E-state index in [9.17, 15) is 0 Å². The Morgan fingerprint density at radius 1 is 1.28 bits per heavy atom. The van der Waals surface area contributed by atoms with Gasteiger partial charge in [-0.1, -0.05) is 30.3 Å². The Morgan fingerprint density at radius 2 is 2.06 bits per heavy atom. The van der Waals surface area contributed by atoms with E-state index in [-0.39, 0.29) is 12.6 Å². The van der Waals surface area contributed by atoms with Gasteiger partial charge in [-0.15, -0.1) is 0 Å². The van der Waals surface area contributed by atoms with Gasteiger partial charge in [-0.25, -0.2) is 0 Å². The van der Waals surface area contributed by atoms with E-state index < -0.39 is 0 Å². The molecule has 0 fully saturated rings. The van der Waals surface area contributed by atoms with Crippen molar-refractivity contribution in [2.45, 2.75) is 18.9 Å². The minimum atomic E-state index is 0.0640. The fourth-order valence-electron chi connectivity index (χ4n) is 1.70. The highest BCUT2D eigenvalue weighted by atomic mass is 16.5. The molecule has 0 aliphatic heterocycles. The molecule has 0 heterocycles. The third-order valence-corrected chi connectivity index (χ3v) is 2.59. The van der Waals surface area contributed by atoms with Gasteiger partial charge in [0.2, 0.25) is 0 Å². The Balaban J connectivity index is 2.29. The second kappa shape index (κ2) is 9.60. The number of aliphatic hydroxyl groups excluding tert-OH is 1. The SMILES string of the molecule is N#CCC(NCCCOCCO)c1ccccc1. The van der Waals surface area contributed by atoms with Crippen LogP contribution in [0.25, 0.3) is 0 Å². The number of rotatable bonds is 9. The zero-order chi connectivity index (χ0) is 13.1. The van der Waals surface area contributed by atoms with E-state index in [1.807, 2.05) is 30.3 Å². The van der Waals surface area contributed by atoms with Crippen molar-refractivity contribution in [3.05, 3.63) is 35.9 Å². The van der Waals surface area contributed by atoms with Crippen LogP contribution in [-0.2, 0) is 4.74 Å². The minimum Gasteiger partial charge on any atom is -0.394 e. The summed E-state index contributed by atoms with van der Waals surface area (Å²) in [6.45, 7) is 1.88. The fraction of sp³-hybridized carbons (Fsp3) is 0.500. The summed E-state index contributed by atoms with van der Waals surface area (Å²) in [4.78, 5) is 0. The second-order valence-electron chi connectivity index (χ2n) is 3.97. The number of hydrogen-bond acceptors (Lipinski definition) is 4. The predicted molar refractivity (Wildman–Crippen MR) is 69.9 cm³/mol. The van der Waals surface area contributed by atoms with Crippen LogP contribution in [0.4, 0.5) is 0 Å². The maximum Gasteiger partial charge on any atom is 0.0697 e. The molecule has 4 nitrogen and oxygen atoms in total. The van der Waals surface area contributed by atoms with Gasteiger partial charge in [0, 0.05) is 12.6 Å². The molecule has 0 amide bonds. The van der Waals surface area contributed by atoms with Gasteiger partial charge in [-0.05, 0) is 18.5 Å². The lowest BCUT2D eigenvalue weighted by molar-refractivity contribution is 0.0904. The normalized spacial score (nSPS) is 12.0. The molecule has 1 aromatic carbocycles. The molecule has 1 unspecified atom stereocenters. The zero-order valence-electron chi connectivity index (χ0n) is 10.5. The number of nitrogens with one attached hydrogen (secondary N) is 1. The first-order valence-corrected chi connectivity index (χ1v) is 6.22. The minimum absolute atomic E-state index is 0.0640. The Hall–Kier alpha value is -1.41. The summed E-state index contributed by atoms with van der Waals surface area (Å²) in [6, 6.07) is 12.3. The quantitative estimate of drug-likeness (QED) is 0.652. The summed E-state index contributed by atoms with van der Waals surface area (Å²) in [5.74, 6) is 0. The van der Waals surface area contributed by atoms with Crippen LogP contribution < -0.4 is 5.32 Å². The van der Waals surface area contributed by atoms with Crippen molar-refractivity contribution in [1.29, 1.82) is 5.26 Å². The zero-order valence-corrected chi connectivity index (χ0v) is 10.5. The summed E-state index contributed by atoms with van der Waals surface area (Å²) in [6.07, 6.45) is 1.33. The highest BCUT2D eigenvalue weighted by Gasteiger charge is 2.09. The predicted octanol–water partition coefficient (Wildman–Crippen LogP) is 1.63. The van der Waals surface area contributed by atoms with Gasteiger partial charge >= 0.3 is 0 Å². The van der Waals surface area contributed by atoms with E-state index in [1.54, 1.807) is 0 Å². The number of ether oxygens (including phenoxy) is 1. The first-order valence-electron chi connectivity index (χ1n) is 6.22. The highest BCUT2D eigenvalue weighted by Crippen LogP contribution is 2.15. The number of hydrogen-bond donors (Lipinski definition) is 2. The molecule has 0 spiro atoms. The number of benzene rings is 1. The standard InChI is InChI=1S/C14H20N2O2/c15-8-7-14(13-5-2-1-3-6-13)16-9-4-11-18-12-10-17/h1-3,5-6,14,16-17H,4,7,9-12H2. The van der Waals surface area contributed by atoms with Crippen LogP contribution in [0.2, 0.25) is 0 Å².